The molecule has 0 saturated carbocycles. The fourth-order valence-electron chi connectivity index (χ4n) is 5.15. The Balaban J connectivity index is 0.000000291. The van der Waals surface area contributed by atoms with Gasteiger partial charge in [-0.3, -0.25) is 0 Å². The summed E-state index contributed by atoms with van der Waals surface area (Å²) in [6, 6.07) is 28.6. The normalized spacial score (nSPS) is 17.3. The van der Waals surface area contributed by atoms with E-state index in [1.54, 1.807) is 54.6 Å². The molecule has 0 fully saturated rings. The fourth-order valence-corrected chi connectivity index (χ4v) is 5.15. The van der Waals surface area contributed by atoms with E-state index in [4.69, 9.17) is 25.0 Å². The van der Waals surface area contributed by atoms with Crippen LogP contribution < -0.4 is 0 Å². The van der Waals surface area contributed by atoms with Gasteiger partial charge in [0.05, 0.1) is 5.58 Å². The SMILES string of the molecule is [2H]C([2H])([2H])c1c[c-]c(-c2ccc(C([2H])([2H])[2H])cn2)cc1.[2H]C([2H])([2H])c1cnc(-c2[c-]ccc3c2oc2c(C([2H])([2H])[2H])cccc23)cc1-c1ccc(C(C)(C)C)cc1C([2H])([2H])[2H].[Ir]. The van der Waals surface area contributed by atoms with Crippen LogP contribution in [0.25, 0.3) is 55.6 Å². The molecule has 7 aromatic rings. The molecule has 3 heterocycles. The number of fused-ring (bicyclic) bond motifs is 3. The second-order valence-electron chi connectivity index (χ2n) is 11.9. The van der Waals surface area contributed by atoms with Crippen LogP contribution in [-0.2, 0) is 25.5 Å². The summed E-state index contributed by atoms with van der Waals surface area (Å²) in [5.74, 6) is 0. The molecule has 239 valence electrons. The maximum atomic E-state index is 8.26. The summed E-state index contributed by atoms with van der Waals surface area (Å²) in [6.45, 7) is -5.88. The summed E-state index contributed by atoms with van der Waals surface area (Å²) in [6.07, 6.45) is 2.54. The average Bonchev–Trinajstić information content (AvgIpc) is 3.55. The monoisotopic (exact) mass is 808 g/mol. The second-order valence-corrected chi connectivity index (χ2v) is 11.9. The Morgan fingerprint density at radius 1 is 0.660 bits per heavy atom. The minimum absolute atomic E-state index is 0. The largest absolute Gasteiger partial charge is 0.500 e. The number of rotatable bonds is 3. The molecule has 4 heteroatoms. The van der Waals surface area contributed by atoms with Gasteiger partial charge in [0.15, 0.2) is 0 Å². The van der Waals surface area contributed by atoms with Crippen LogP contribution >= 0.6 is 0 Å². The maximum Gasteiger partial charge on any atom is 0.123 e. The van der Waals surface area contributed by atoms with Crippen LogP contribution in [0.5, 0.6) is 0 Å². The predicted molar refractivity (Wildman–Crippen MR) is 192 cm³/mol. The van der Waals surface area contributed by atoms with E-state index in [1.165, 1.54) is 36.7 Å². The number of hydrogen-bond donors (Lipinski definition) is 0. The van der Waals surface area contributed by atoms with Crippen molar-refractivity contribution in [2.45, 2.75) is 60.4 Å². The van der Waals surface area contributed by atoms with Gasteiger partial charge in [-0.2, -0.15) is 0 Å². The van der Waals surface area contributed by atoms with Crippen LogP contribution in [-0.4, -0.2) is 9.97 Å². The Bertz CT molecular complexity index is 2650. The zero-order chi connectivity index (χ0) is 45.1. The second kappa shape index (κ2) is 13.8. The first-order valence-electron chi connectivity index (χ1n) is 22.1. The molecule has 1 radical (unpaired) electrons. The van der Waals surface area contributed by atoms with E-state index < -0.39 is 34.3 Å². The summed E-state index contributed by atoms with van der Waals surface area (Å²) in [7, 11) is 0. The zero-order valence-electron chi connectivity index (χ0n) is 40.9. The molecule has 0 aliphatic carbocycles. The van der Waals surface area contributed by atoms with E-state index in [1.807, 2.05) is 26.8 Å². The van der Waals surface area contributed by atoms with Crippen LogP contribution in [0, 0.1) is 46.4 Å². The molecule has 0 amide bonds. The van der Waals surface area contributed by atoms with Crippen molar-refractivity contribution in [3.8, 4) is 33.6 Å². The summed E-state index contributed by atoms with van der Waals surface area (Å²) < 4.78 is 123. The number of aromatic nitrogens is 2. The van der Waals surface area contributed by atoms with Gasteiger partial charge in [-0.25, -0.2) is 0 Å². The Hall–Kier alpha value is -4.37. The number of pyridine rings is 2. The number of nitrogens with zero attached hydrogens (tertiary/aromatic N) is 2. The van der Waals surface area contributed by atoms with E-state index in [9.17, 15) is 0 Å². The van der Waals surface area contributed by atoms with Gasteiger partial charge in [0.1, 0.15) is 5.58 Å². The van der Waals surface area contributed by atoms with Gasteiger partial charge in [0.2, 0.25) is 0 Å². The van der Waals surface area contributed by atoms with Crippen LogP contribution in [0.1, 0.15) is 74.7 Å². The molecule has 3 aromatic heterocycles. The smallest absolute Gasteiger partial charge is 0.123 e. The van der Waals surface area contributed by atoms with Crippen LogP contribution in [0.3, 0.4) is 0 Å². The van der Waals surface area contributed by atoms with Crippen molar-refractivity contribution in [3.05, 3.63) is 143 Å². The third-order valence-corrected chi connectivity index (χ3v) is 7.65. The summed E-state index contributed by atoms with van der Waals surface area (Å²) >= 11 is 0. The summed E-state index contributed by atoms with van der Waals surface area (Å²) in [5, 5.41) is 1.27. The van der Waals surface area contributed by atoms with E-state index >= 15 is 0 Å². The van der Waals surface area contributed by atoms with E-state index in [-0.39, 0.29) is 70.0 Å². The molecule has 7 rings (SSSR count). The topological polar surface area (TPSA) is 38.9 Å². The van der Waals surface area contributed by atoms with Gasteiger partial charge in [0.25, 0.3) is 0 Å². The standard InChI is InChI=1S/C30H28NO.C13H12N.Ir/c1-18-9-7-10-23-24-11-8-12-25(29(24)32-28(18)23)27-16-26(20(3)17-31-27)22-14-13-21(15-19(22)2)30(4,5)6;1-10-3-6-12(7-4-10)13-8-5-11(2)9-14-13;/h7-11,13-17H,1-6H3;3-6,8-9H,1-2H3;/q2*-1;/i1D3,2D3,3D3;1D3,2D3;. The van der Waals surface area contributed by atoms with E-state index in [2.05, 4.69) is 22.1 Å². The number of benzene rings is 4. The molecule has 0 atom stereocenters. The zero-order valence-corrected chi connectivity index (χ0v) is 28.3. The Morgan fingerprint density at radius 3 is 2.15 bits per heavy atom. The molecule has 4 aromatic carbocycles. The van der Waals surface area contributed by atoms with Gasteiger partial charge < -0.3 is 14.4 Å². The predicted octanol–water partition coefficient (Wildman–Crippen LogP) is 11.5. The van der Waals surface area contributed by atoms with E-state index in [0.29, 0.717) is 38.9 Å². The minimum Gasteiger partial charge on any atom is -0.500 e. The Labute approximate surface area is 313 Å². The molecule has 0 unspecified atom stereocenters. The van der Waals surface area contributed by atoms with Crippen molar-refractivity contribution >= 4 is 21.9 Å². The van der Waals surface area contributed by atoms with Crippen LogP contribution in [0.15, 0.2) is 102 Å². The molecule has 0 N–H and O–H groups in total. The van der Waals surface area contributed by atoms with Crippen LogP contribution in [0.2, 0.25) is 0 Å². The van der Waals surface area contributed by atoms with Crippen molar-refractivity contribution in [2.24, 2.45) is 0 Å². The quantitative estimate of drug-likeness (QED) is 0.167. The molecule has 0 aliphatic rings. The van der Waals surface area contributed by atoms with Gasteiger partial charge >= 0.3 is 0 Å². The molecule has 0 saturated heterocycles. The van der Waals surface area contributed by atoms with Crippen molar-refractivity contribution in [1.82, 2.24) is 9.97 Å². The van der Waals surface area contributed by atoms with Gasteiger partial charge in [-0.15, -0.1) is 53.6 Å². The fraction of sp³-hybridized carbons (Fsp3) is 0.209. The summed E-state index contributed by atoms with van der Waals surface area (Å²) in [5.41, 5.74) is 3.83. The average molecular weight is 808 g/mol. The third-order valence-electron chi connectivity index (χ3n) is 7.65. The first kappa shape index (κ1) is 19.5. The van der Waals surface area contributed by atoms with Gasteiger partial charge in [-0.05, 0) is 83.2 Å². The minimum atomic E-state index is -2.57. The number of furan rings is 1. The van der Waals surface area contributed by atoms with Gasteiger partial charge in [0, 0.05) is 58.4 Å². The Morgan fingerprint density at radius 2 is 1.45 bits per heavy atom. The molecule has 0 aliphatic heterocycles. The molecular formula is C43H40IrN2O-2. The molecule has 3 nitrogen and oxygen atoms in total. The first-order valence-corrected chi connectivity index (χ1v) is 14.6. The van der Waals surface area contributed by atoms with E-state index in [0.717, 1.165) is 5.56 Å². The van der Waals surface area contributed by atoms with Gasteiger partial charge in [-0.1, -0.05) is 93.2 Å². The summed E-state index contributed by atoms with van der Waals surface area (Å²) in [4.78, 5) is 8.51. The first-order chi connectivity index (χ1) is 28.0. The maximum absolute atomic E-state index is 8.26. The van der Waals surface area contributed by atoms with Crippen molar-refractivity contribution in [3.63, 3.8) is 0 Å². The third kappa shape index (κ3) is 7.15. The van der Waals surface area contributed by atoms with Crippen molar-refractivity contribution in [1.29, 1.82) is 0 Å². The number of hydrogen-bond acceptors (Lipinski definition) is 3. The number of aryl methyl sites for hydroxylation is 5. The molecule has 0 bridgehead atoms. The van der Waals surface area contributed by atoms with Crippen LogP contribution in [0.4, 0.5) is 0 Å². The van der Waals surface area contributed by atoms with Crippen molar-refractivity contribution < 1.29 is 45.1 Å². The number of para-hydroxylation sites is 1. The van der Waals surface area contributed by atoms with Crippen molar-refractivity contribution in [2.75, 3.05) is 0 Å². The molecule has 47 heavy (non-hydrogen) atoms. The molecule has 0 spiro atoms. The Kier molecular flexibility index (Phi) is 5.70. The molecular weight excluding hydrogens is 753 g/mol.